The number of hydrogen-bond donors (Lipinski definition) is 2. The van der Waals surface area contributed by atoms with E-state index in [1.165, 1.54) is 0 Å². The Bertz CT molecular complexity index is 332. The van der Waals surface area contributed by atoms with Crippen LogP contribution in [-0.2, 0) is 11.3 Å². The van der Waals surface area contributed by atoms with Gasteiger partial charge < -0.3 is 15.8 Å². The highest BCUT2D eigenvalue weighted by Gasteiger charge is 2.28. The Hall–Kier alpha value is -1.06. The molecule has 2 rings (SSSR count). The van der Waals surface area contributed by atoms with Crippen molar-refractivity contribution in [3.8, 4) is 0 Å². The van der Waals surface area contributed by atoms with Crippen LogP contribution in [0.3, 0.4) is 0 Å². The lowest BCUT2D eigenvalue weighted by atomic mass is 10.0. The van der Waals surface area contributed by atoms with Crippen LogP contribution < -0.4 is 11.1 Å². The van der Waals surface area contributed by atoms with E-state index in [2.05, 4.69) is 18.3 Å². The molecule has 0 radical (unpaired) electrons. The van der Waals surface area contributed by atoms with Crippen molar-refractivity contribution in [2.24, 2.45) is 0 Å². The van der Waals surface area contributed by atoms with Gasteiger partial charge >= 0.3 is 0 Å². The highest BCUT2D eigenvalue weighted by atomic mass is 16.5. The summed E-state index contributed by atoms with van der Waals surface area (Å²) in [7, 11) is 0. The van der Waals surface area contributed by atoms with Crippen LogP contribution in [0.2, 0.25) is 0 Å². The second kappa shape index (κ2) is 4.21. The van der Waals surface area contributed by atoms with Crippen LogP contribution in [0.25, 0.3) is 0 Å². The smallest absolute Gasteiger partial charge is 0.0646 e. The second-order valence-corrected chi connectivity index (χ2v) is 4.42. The number of nitrogens with one attached hydrogen (secondary N) is 1. The standard InChI is InChI=1S/C12H18N2O/c1-12(6-7-15-9-12)14-8-10-4-2-3-5-11(10)13/h2-5,14H,6-9,13H2,1H3. The van der Waals surface area contributed by atoms with E-state index in [9.17, 15) is 0 Å². The van der Waals surface area contributed by atoms with E-state index in [1.54, 1.807) is 0 Å². The number of rotatable bonds is 3. The lowest BCUT2D eigenvalue weighted by Crippen LogP contribution is -2.42. The number of ether oxygens (including phenoxy) is 1. The number of anilines is 1. The van der Waals surface area contributed by atoms with Crippen LogP contribution in [0.1, 0.15) is 18.9 Å². The van der Waals surface area contributed by atoms with Crippen molar-refractivity contribution in [2.75, 3.05) is 18.9 Å². The molecule has 1 aromatic carbocycles. The third-order valence-corrected chi connectivity index (χ3v) is 2.98. The minimum atomic E-state index is 0.113. The molecule has 3 nitrogen and oxygen atoms in total. The number of para-hydroxylation sites is 1. The van der Waals surface area contributed by atoms with E-state index < -0.39 is 0 Å². The predicted octanol–water partition coefficient (Wildman–Crippen LogP) is 1.54. The van der Waals surface area contributed by atoms with Gasteiger partial charge in [0.1, 0.15) is 0 Å². The Kier molecular flexibility index (Phi) is 2.93. The van der Waals surface area contributed by atoms with Crippen LogP contribution >= 0.6 is 0 Å². The molecule has 1 atom stereocenters. The SMILES string of the molecule is CC1(NCc2ccccc2N)CCOC1. The molecule has 0 spiro atoms. The molecule has 0 aliphatic carbocycles. The van der Waals surface area contributed by atoms with Gasteiger partial charge in [0.2, 0.25) is 0 Å². The molecule has 82 valence electrons. The molecular weight excluding hydrogens is 188 g/mol. The largest absolute Gasteiger partial charge is 0.398 e. The monoisotopic (exact) mass is 206 g/mol. The van der Waals surface area contributed by atoms with Gasteiger partial charge in [-0.25, -0.2) is 0 Å². The molecule has 1 aliphatic rings. The van der Waals surface area contributed by atoms with Gasteiger partial charge in [0.15, 0.2) is 0 Å². The highest BCUT2D eigenvalue weighted by molar-refractivity contribution is 5.46. The summed E-state index contributed by atoms with van der Waals surface area (Å²) in [6, 6.07) is 7.96. The molecular formula is C12H18N2O. The molecule has 0 amide bonds. The van der Waals surface area contributed by atoms with E-state index in [0.717, 1.165) is 37.4 Å². The third kappa shape index (κ3) is 2.49. The molecule has 1 heterocycles. The van der Waals surface area contributed by atoms with Crippen molar-refractivity contribution < 1.29 is 4.74 Å². The van der Waals surface area contributed by atoms with Gasteiger partial charge in [0.05, 0.1) is 6.61 Å². The topological polar surface area (TPSA) is 47.3 Å². The highest BCUT2D eigenvalue weighted by Crippen LogP contribution is 2.19. The Morgan fingerprint density at radius 1 is 1.47 bits per heavy atom. The van der Waals surface area contributed by atoms with Crippen molar-refractivity contribution in [1.29, 1.82) is 0 Å². The van der Waals surface area contributed by atoms with Gasteiger partial charge in [-0.1, -0.05) is 18.2 Å². The van der Waals surface area contributed by atoms with Crippen molar-refractivity contribution in [3.63, 3.8) is 0 Å². The summed E-state index contributed by atoms with van der Waals surface area (Å²) >= 11 is 0. The maximum absolute atomic E-state index is 5.88. The molecule has 0 saturated carbocycles. The lowest BCUT2D eigenvalue weighted by Gasteiger charge is -2.24. The Morgan fingerprint density at radius 3 is 2.93 bits per heavy atom. The zero-order chi connectivity index (χ0) is 10.7. The van der Waals surface area contributed by atoms with E-state index in [-0.39, 0.29) is 5.54 Å². The molecule has 1 saturated heterocycles. The van der Waals surface area contributed by atoms with Gasteiger partial charge in [-0.05, 0) is 25.0 Å². The van der Waals surface area contributed by atoms with Crippen molar-refractivity contribution >= 4 is 5.69 Å². The summed E-state index contributed by atoms with van der Waals surface area (Å²) in [6.07, 6.45) is 1.07. The van der Waals surface area contributed by atoms with Crippen LogP contribution in [0.5, 0.6) is 0 Å². The number of hydrogen-bond acceptors (Lipinski definition) is 3. The maximum atomic E-state index is 5.88. The fourth-order valence-electron chi connectivity index (χ4n) is 1.81. The summed E-state index contributed by atoms with van der Waals surface area (Å²) < 4.78 is 5.39. The minimum Gasteiger partial charge on any atom is -0.398 e. The first-order chi connectivity index (χ1) is 7.20. The van der Waals surface area contributed by atoms with Gasteiger partial charge in [-0.15, -0.1) is 0 Å². The molecule has 1 unspecified atom stereocenters. The van der Waals surface area contributed by atoms with Gasteiger partial charge in [-0.3, -0.25) is 0 Å². The zero-order valence-corrected chi connectivity index (χ0v) is 9.12. The average molecular weight is 206 g/mol. The summed E-state index contributed by atoms with van der Waals surface area (Å²) in [5, 5.41) is 3.51. The van der Waals surface area contributed by atoms with Crippen molar-refractivity contribution in [2.45, 2.75) is 25.4 Å². The van der Waals surface area contributed by atoms with E-state index in [0.29, 0.717) is 0 Å². The van der Waals surface area contributed by atoms with Crippen molar-refractivity contribution in [3.05, 3.63) is 29.8 Å². The summed E-state index contributed by atoms with van der Waals surface area (Å²) in [6.45, 7) is 4.65. The Balaban J connectivity index is 1.95. The van der Waals surface area contributed by atoms with Gasteiger partial charge in [0.25, 0.3) is 0 Å². The normalized spacial score (nSPS) is 25.7. The maximum Gasteiger partial charge on any atom is 0.0646 e. The third-order valence-electron chi connectivity index (χ3n) is 2.98. The molecule has 15 heavy (non-hydrogen) atoms. The zero-order valence-electron chi connectivity index (χ0n) is 9.12. The Labute approximate surface area is 90.6 Å². The van der Waals surface area contributed by atoms with Gasteiger partial charge in [-0.2, -0.15) is 0 Å². The van der Waals surface area contributed by atoms with Gasteiger partial charge in [0, 0.05) is 24.4 Å². The lowest BCUT2D eigenvalue weighted by molar-refractivity contribution is 0.171. The first-order valence-electron chi connectivity index (χ1n) is 5.36. The Morgan fingerprint density at radius 2 is 2.27 bits per heavy atom. The average Bonchev–Trinajstić information content (AvgIpc) is 2.65. The number of nitrogen functional groups attached to an aromatic ring is 1. The molecule has 3 N–H and O–H groups in total. The predicted molar refractivity (Wildman–Crippen MR) is 61.5 cm³/mol. The molecule has 3 heteroatoms. The van der Waals surface area contributed by atoms with Crippen LogP contribution in [0, 0.1) is 0 Å². The molecule has 0 aromatic heterocycles. The van der Waals surface area contributed by atoms with Crippen molar-refractivity contribution in [1.82, 2.24) is 5.32 Å². The van der Waals surface area contributed by atoms with E-state index in [4.69, 9.17) is 10.5 Å². The number of nitrogens with two attached hydrogens (primary N) is 1. The minimum absolute atomic E-state index is 0.113. The summed E-state index contributed by atoms with van der Waals surface area (Å²) in [5.41, 5.74) is 8.00. The van der Waals surface area contributed by atoms with E-state index in [1.807, 2.05) is 18.2 Å². The first-order valence-corrected chi connectivity index (χ1v) is 5.36. The van der Waals surface area contributed by atoms with Crippen LogP contribution in [-0.4, -0.2) is 18.8 Å². The molecule has 1 aromatic rings. The molecule has 0 bridgehead atoms. The van der Waals surface area contributed by atoms with E-state index >= 15 is 0 Å². The quantitative estimate of drug-likeness (QED) is 0.737. The number of benzene rings is 1. The first kappa shape index (κ1) is 10.5. The van der Waals surface area contributed by atoms with Crippen LogP contribution in [0.15, 0.2) is 24.3 Å². The summed E-state index contributed by atoms with van der Waals surface area (Å²) in [4.78, 5) is 0. The fraction of sp³-hybridized carbons (Fsp3) is 0.500. The second-order valence-electron chi connectivity index (χ2n) is 4.42. The van der Waals surface area contributed by atoms with Crippen LogP contribution in [0.4, 0.5) is 5.69 Å². The molecule has 1 aliphatic heterocycles. The summed E-state index contributed by atoms with van der Waals surface area (Å²) in [5.74, 6) is 0. The molecule has 1 fully saturated rings. The fourth-order valence-corrected chi connectivity index (χ4v) is 1.81.